The molecule has 0 saturated heterocycles. The predicted octanol–water partition coefficient (Wildman–Crippen LogP) is 1.97. The van der Waals surface area contributed by atoms with Crippen LogP contribution in [0.5, 0.6) is 0 Å². The van der Waals surface area contributed by atoms with E-state index >= 15 is 0 Å². The lowest BCUT2D eigenvalue weighted by molar-refractivity contribution is 0.567. The quantitative estimate of drug-likeness (QED) is 0.804. The molecule has 0 aliphatic carbocycles. The molecule has 0 aliphatic heterocycles. The van der Waals surface area contributed by atoms with Crippen molar-refractivity contribution in [1.29, 1.82) is 0 Å². The predicted molar refractivity (Wildman–Crippen MR) is 58.4 cm³/mol. The Kier molecular flexibility index (Phi) is 2.96. The number of aromatic nitrogens is 2. The highest BCUT2D eigenvalue weighted by atomic mass is 32.1. The zero-order valence-electron chi connectivity index (χ0n) is 8.03. The Morgan fingerprint density at radius 2 is 2.57 bits per heavy atom. The first-order valence-electron chi connectivity index (χ1n) is 4.59. The van der Waals surface area contributed by atoms with Gasteiger partial charge in [-0.25, -0.2) is 4.98 Å². The van der Waals surface area contributed by atoms with Crippen molar-refractivity contribution in [3.8, 4) is 0 Å². The molecular weight excluding hydrogens is 194 g/mol. The van der Waals surface area contributed by atoms with E-state index in [-0.39, 0.29) is 6.04 Å². The smallest absolute Gasteiger partial charge is 0.123 e. The Bertz CT molecular complexity index is 353. The molecule has 0 aliphatic rings. The fraction of sp³-hybridized carbons (Fsp3) is 0.300. The summed E-state index contributed by atoms with van der Waals surface area (Å²) in [5, 5.41) is 5.36. The van der Waals surface area contributed by atoms with Gasteiger partial charge in [-0.1, -0.05) is 6.07 Å². The average molecular weight is 207 g/mol. The minimum atomic E-state index is 0.281. The van der Waals surface area contributed by atoms with Gasteiger partial charge < -0.3 is 10.3 Å². The van der Waals surface area contributed by atoms with Crippen LogP contribution < -0.4 is 5.32 Å². The monoisotopic (exact) mass is 207 g/mol. The molecule has 0 saturated carbocycles. The molecule has 0 spiro atoms. The summed E-state index contributed by atoms with van der Waals surface area (Å²) in [5.74, 6) is 1.00. The number of hydrogen-bond acceptors (Lipinski definition) is 3. The Labute approximate surface area is 87.2 Å². The summed E-state index contributed by atoms with van der Waals surface area (Å²) in [6.45, 7) is 0. The second kappa shape index (κ2) is 4.39. The Morgan fingerprint density at radius 3 is 3.14 bits per heavy atom. The maximum Gasteiger partial charge on any atom is 0.123 e. The Hall–Kier alpha value is -1.13. The lowest BCUT2D eigenvalue weighted by Crippen LogP contribution is -2.19. The van der Waals surface area contributed by atoms with E-state index in [1.807, 2.05) is 13.2 Å². The maximum absolute atomic E-state index is 4.25. The van der Waals surface area contributed by atoms with Crippen LogP contribution in [0.2, 0.25) is 0 Å². The first-order chi connectivity index (χ1) is 6.90. The van der Waals surface area contributed by atoms with Crippen LogP contribution in [0.4, 0.5) is 0 Å². The van der Waals surface area contributed by atoms with Crippen LogP contribution in [0.25, 0.3) is 0 Å². The first-order valence-corrected chi connectivity index (χ1v) is 5.47. The molecule has 2 heterocycles. The van der Waals surface area contributed by atoms with Crippen molar-refractivity contribution in [2.45, 2.75) is 12.5 Å². The van der Waals surface area contributed by atoms with Crippen LogP contribution in [0.3, 0.4) is 0 Å². The molecule has 14 heavy (non-hydrogen) atoms. The van der Waals surface area contributed by atoms with Crippen molar-refractivity contribution in [2.75, 3.05) is 7.05 Å². The highest BCUT2D eigenvalue weighted by molar-refractivity contribution is 7.09. The number of nitrogens with zero attached hydrogens (tertiary/aromatic N) is 1. The van der Waals surface area contributed by atoms with Crippen molar-refractivity contribution in [3.05, 3.63) is 40.6 Å². The molecule has 0 aromatic carbocycles. The average Bonchev–Trinajstić information content (AvgIpc) is 2.86. The van der Waals surface area contributed by atoms with E-state index in [2.05, 4.69) is 32.8 Å². The zero-order valence-corrected chi connectivity index (χ0v) is 8.84. The van der Waals surface area contributed by atoms with Crippen molar-refractivity contribution >= 4 is 11.3 Å². The third-order valence-electron chi connectivity index (χ3n) is 2.18. The molecule has 74 valence electrons. The minimum Gasteiger partial charge on any atom is -0.347 e. The molecule has 0 amide bonds. The SMILES string of the molecule is CNC(Cc1cccs1)c1ncc[nH]1. The molecule has 2 aromatic rings. The Morgan fingerprint density at radius 1 is 1.64 bits per heavy atom. The number of aromatic amines is 1. The lowest BCUT2D eigenvalue weighted by Gasteiger charge is -2.11. The van der Waals surface area contributed by atoms with Gasteiger partial charge in [0, 0.05) is 23.7 Å². The van der Waals surface area contributed by atoms with Crippen LogP contribution in [0, 0.1) is 0 Å². The van der Waals surface area contributed by atoms with E-state index in [4.69, 9.17) is 0 Å². The second-order valence-corrected chi connectivity index (χ2v) is 4.13. The normalized spacial score (nSPS) is 12.9. The summed E-state index contributed by atoms with van der Waals surface area (Å²) < 4.78 is 0. The number of thiophene rings is 1. The molecule has 3 nitrogen and oxygen atoms in total. The van der Waals surface area contributed by atoms with Gasteiger partial charge in [-0.05, 0) is 18.5 Å². The van der Waals surface area contributed by atoms with Crippen LogP contribution >= 0.6 is 11.3 Å². The number of rotatable bonds is 4. The molecule has 1 atom stereocenters. The highest BCUT2D eigenvalue weighted by Crippen LogP contribution is 2.18. The topological polar surface area (TPSA) is 40.7 Å². The van der Waals surface area contributed by atoms with E-state index in [1.165, 1.54) is 4.88 Å². The summed E-state index contributed by atoms with van der Waals surface area (Å²) in [6.07, 6.45) is 4.63. The molecule has 0 bridgehead atoms. The van der Waals surface area contributed by atoms with E-state index < -0.39 is 0 Å². The molecular formula is C10H13N3S. The fourth-order valence-corrected chi connectivity index (χ4v) is 2.19. The van der Waals surface area contributed by atoms with Gasteiger partial charge in [-0.2, -0.15) is 0 Å². The summed E-state index contributed by atoms with van der Waals surface area (Å²) in [4.78, 5) is 8.76. The number of imidazole rings is 1. The molecule has 1 unspecified atom stereocenters. The van der Waals surface area contributed by atoms with Crippen LogP contribution in [0.1, 0.15) is 16.7 Å². The number of likely N-dealkylation sites (N-methyl/N-ethyl adjacent to an activating group) is 1. The van der Waals surface area contributed by atoms with Crippen molar-refractivity contribution in [3.63, 3.8) is 0 Å². The van der Waals surface area contributed by atoms with E-state index in [0.29, 0.717) is 0 Å². The molecule has 4 heteroatoms. The summed E-state index contributed by atoms with van der Waals surface area (Å²) in [7, 11) is 1.96. The van der Waals surface area contributed by atoms with Gasteiger partial charge in [0.25, 0.3) is 0 Å². The molecule has 0 radical (unpaired) electrons. The third kappa shape index (κ3) is 2.02. The van der Waals surface area contributed by atoms with Gasteiger partial charge in [-0.3, -0.25) is 0 Å². The second-order valence-electron chi connectivity index (χ2n) is 3.10. The van der Waals surface area contributed by atoms with Crippen LogP contribution in [0.15, 0.2) is 29.9 Å². The summed E-state index contributed by atoms with van der Waals surface area (Å²) >= 11 is 1.78. The van der Waals surface area contributed by atoms with Crippen molar-refractivity contribution in [1.82, 2.24) is 15.3 Å². The van der Waals surface area contributed by atoms with Gasteiger partial charge in [0.15, 0.2) is 0 Å². The van der Waals surface area contributed by atoms with Gasteiger partial charge in [0.05, 0.1) is 6.04 Å². The minimum absolute atomic E-state index is 0.281. The van der Waals surface area contributed by atoms with Crippen molar-refractivity contribution < 1.29 is 0 Å². The van der Waals surface area contributed by atoms with Gasteiger partial charge >= 0.3 is 0 Å². The van der Waals surface area contributed by atoms with Gasteiger partial charge in [0.2, 0.25) is 0 Å². The number of hydrogen-bond donors (Lipinski definition) is 2. The number of nitrogens with one attached hydrogen (secondary N) is 2. The van der Waals surface area contributed by atoms with Gasteiger partial charge in [0.1, 0.15) is 5.82 Å². The van der Waals surface area contributed by atoms with Gasteiger partial charge in [-0.15, -0.1) is 11.3 Å². The molecule has 2 N–H and O–H groups in total. The van der Waals surface area contributed by atoms with E-state index in [0.717, 1.165) is 12.2 Å². The fourth-order valence-electron chi connectivity index (χ4n) is 1.43. The molecule has 2 rings (SSSR count). The van der Waals surface area contributed by atoms with E-state index in [1.54, 1.807) is 17.5 Å². The summed E-state index contributed by atoms with van der Waals surface area (Å²) in [5.41, 5.74) is 0. The third-order valence-corrected chi connectivity index (χ3v) is 3.08. The van der Waals surface area contributed by atoms with Crippen LogP contribution in [-0.2, 0) is 6.42 Å². The van der Waals surface area contributed by atoms with E-state index in [9.17, 15) is 0 Å². The lowest BCUT2D eigenvalue weighted by atomic mass is 10.2. The maximum atomic E-state index is 4.25. The zero-order chi connectivity index (χ0) is 9.80. The highest BCUT2D eigenvalue weighted by Gasteiger charge is 2.12. The number of H-pyrrole nitrogens is 1. The largest absolute Gasteiger partial charge is 0.347 e. The standard InChI is InChI=1S/C10H13N3S/c1-11-9(10-12-4-5-13-10)7-8-3-2-6-14-8/h2-6,9,11H,7H2,1H3,(H,12,13). The molecule has 2 aromatic heterocycles. The summed E-state index contributed by atoms with van der Waals surface area (Å²) in [6, 6.07) is 4.51. The Balaban J connectivity index is 2.08. The van der Waals surface area contributed by atoms with Crippen LogP contribution in [-0.4, -0.2) is 17.0 Å². The molecule has 0 fully saturated rings. The first kappa shape index (κ1) is 9.43. The van der Waals surface area contributed by atoms with Crippen molar-refractivity contribution in [2.24, 2.45) is 0 Å².